The predicted octanol–water partition coefficient (Wildman–Crippen LogP) is 3.35. The molecule has 0 bridgehead atoms. The molecule has 1 N–H and O–H groups in total. The van der Waals surface area contributed by atoms with Crippen LogP contribution in [-0.4, -0.2) is 10.2 Å². The average molecular weight is 258 g/mol. The fourth-order valence-corrected chi connectivity index (χ4v) is 3.72. The van der Waals surface area contributed by atoms with Gasteiger partial charge in [-0.2, -0.15) is 0 Å². The van der Waals surface area contributed by atoms with Crippen molar-refractivity contribution in [3.8, 4) is 0 Å². The third-order valence-electron chi connectivity index (χ3n) is 2.50. The highest BCUT2D eigenvalue weighted by molar-refractivity contribution is 7.16. The molecular weight excluding hydrogens is 250 g/mol. The first-order chi connectivity index (χ1) is 7.33. The van der Waals surface area contributed by atoms with Crippen LogP contribution in [0.25, 0.3) is 0 Å². The minimum atomic E-state index is 0.358. The molecule has 0 fully saturated rings. The summed E-state index contributed by atoms with van der Waals surface area (Å²) in [5.74, 6) is 0. The Labute approximate surface area is 100 Å². The normalized spacial score (nSPS) is 19.1. The first-order valence-corrected chi connectivity index (χ1v) is 6.71. The highest BCUT2D eigenvalue weighted by Gasteiger charge is 2.25. The van der Waals surface area contributed by atoms with Crippen molar-refractivity contribution in [2.75, 3.05) is 5.32 Å². The number of hydrogen-bond acceptors (Lipinski definition) is 5. The maximum Gasteiger partial charge on any atom is 0.205 e. The topological polar surface area (TPSA) is 37.8 Å². The molecule has 1 atom stereocenters. The zero-order valence-electron chi connectivity index (χ0n) is 7.74. The van der Waals surface area contributed by atoms with Gasteiger partial charge in [-0.25, -0.2) is 0 Å². The second-order valence-corrected chi connectivity index (χ2v) is 6.01. The van der Waals surface area contributed by atoms with Gasteiger partial charge in [0.15, 0.2) is 0 Å². The smallest absolute Gasteiger partial charge is 0.205 e. The van der Waals surface area contributed by atoms with Crippen LogP contribution < -0.4 is 5.32 Å². The zero-order chi connectivity index (χ0) is 10.3. The van der Waals surface area contributed by atoms with Crippen molar-refractivity contribution in [2.45, 2.75) is 18.9 Å². The molecule has 1 aliphatic carbocycles. The molecule has 0 spiro atoms. The second kappa shape index (κ2) is 3.73. The molecule has 1 unspecified atom stereocenters. The van der Waals surface area contributed by atoms with Crippen LogP contribution in [0.15, 0.2) is 11.6 Å². The molecule has 2 aromatic rings. The molecule has 15 heavy (non-hydrogen) atoms. The van der Waals surface area contributed by atoms with Crippen LogP contribution in [0.5, 0.6) is 0 Å². The van der Waals surface area contributed by atoms with Crippen molar-refractivity contribution in [3.05, 3.63) is 26.4 Å². The van der Waals surface area contributed by atoms with Crippen molar-refractivity contribution in [1.82, 2.24) is 10.2 Å². The van der Waals surface area contributed by atoms with Crippen LogP contribution in [0.3, 0.4) is 0 Å². The van der Waals surface area contributed by atoms with Gasteiger partial charge in [0, 0.05) is 4.88 Å². The molecule has 2 aromatic heterocycles. The lowest BCUT2D eigenvalue weighted by Crippen LogP contribution is -2.06. The third kappa shape index (κ3) is 1.75. The summed E-state index contributed by atoms with van der Waals surface area (Å²) >= 11 is 9.21. The number of halogens is 1. The molecule has 1 aliphatic rings. The molecule has 0 amide bonds. The molecule has 2 heterocycles. The summed E-state index contributed by atoms with van der Waals surface area (Å²) in [5.41, 5.74) is 3.07. The van der Waals surface area contributed by atoms with E-state index in [0.29, 0.717) is 6.04 Å². The minimum absolute atomic E-state index is 0.358. The van der Waals surface area contributed by atoms with Crippen LogP contribution in [-0.2, 0) is 6.42 Å². The number of anilines is 1. The minimum Gasteiger partial charge on any atom is -0.353 e. The number of fused-ring (bicyclic) bond motifs is 1. The highest BCUT2D eigenvalue weighted by Crippen LogP contribution is 2.40. The summed E-state index contributed by atoms with van der Waals surface area (Å²) in [6.45, 7) is 0. The Morgan fingerprint density at radius 1 is 1.53 bits per heavy atom. The molecule has 0 radical (unpaired) electrons. The van der Waals surface area contributed by atoms with Crippen molar-refractivity contribution in [3.63, 3.8) is 0 Å². The van der Waals surface area contributed by atoms with Gasteiger partial charge >= 0.3 is 0 Å². The summed E-state index contributed by atoms with van der Waals surface area (Å²) in [6, 6.07) is 2.42. The van der Waals surface area contributed by atoms with E-state index < -0.39 is 0 Å². The number of aryl methyl sites for hydroxylation is 1. The Bertz CT molecular complexity index is 466. The SMILES string of the molecule is Clc1cc2c(s1)CCC2Nc1nncs1. The lowest BCUT2D eigenvalue weighted by atomic mass is 10.2. The van der Waals surface area contributed by atoms with E-state index in [0.717, 1.165) is 22.3 Å². The Balaban J connectivity index is 1.84. The number of nitrogens with zero attached hydrogens (tertiary/aromatic N) is 2. The van der Waals surface area contributed by atoms with Gasteiger partial charge in [-0.1, -0.05) is 22.9 Å². The molecule has 3 nitrogen and oxygen atoms in total. The van der Waals surface area contributed by atoms with Crippen LogP contribution in [0.2, 0.25) is 4.34 Å². The number of nitrogens with one attached hydrogen (secondary N) is 1. The Hall–Kier alpha value is -0.650. The van der Waals surface area contributed by atoms with E-state index in [1.165, 1.54) is 21.8 Å². The van der Waals surface area contributed by atoms with E-state index in [1.54, 1.807) is 16.8 Å². The molecule has 0 aliphatic heterocycles. The third-order valence-corrected chi connectivity index (χ3v) is 4.47. The second-order valence-electron chi connectivity index (χ2n) is 3.41. The zero-order valence-corrected chi connectivity index (χ0v) is 10.1. The first-order valence-electron chi connectivity index (χ1n) is 4.64. The van der Waals surface area contributed by atoms with Crippen LogP contribution >= 0.6 is 34.3 Å². The fraction of sp³-hybridized carbons (Fsp3) is 0.333. The van der Waals surface area contributed by atoms with Crippen molar-refractivity contribution >= 4 is 39.4 Å². The molecule has 0 saturated carbocycles. The van der Waals surface area contributed by atoms with E-state index >= 15 is 0 Å². The largest absolute Gasteiger partial charge is 0.353 e. The summed E-state index contributed by atoms with van der Waals surface area (Å²) in [7, 11) is 0. The summed E-state index contributed by atoms with van der Waals surface area (Å²) in [6.07, 6.45) is 2.24. The molecule has 3 rings (SSSR count). The number of rotatable bonds is 2. The fourth-order valence-electron chi connectivity index (χ4n) is 1.86. The van der Waals surface area contributed by atoms with Gasteiger partial charge in [0.25, 0.3) is 0 Å². The lowest BCUT2D eigenvalue weighted by molar-refractivity contribution is 0.758. The Kier molecular flexibility index (Phi) is 2.38. The van der Waals surface area contributed by atoms with Crippen LogP contribution in [0.1, 0.15) is 22.9 Å². The number of thiophene rings is 1. The van der Waals surface area contributed by atoms with E-state index in [4.69, 9.17) is 11.6 Å². The Morgan fingerprint density at radius 2 is 2.47 bits per heavy atom. The molecule has 78 valence electrons. The molecule has 0 saturated heterocycles. The predicted molar refractivity (Wildman–Crippen MR) is 63.9 cm³/mol. The first kappa shape index (κ1) is 9.57. The van der Waals surface area contributed by atoms with Crippen molar-refractivity contribution in [2.24, 2.45) is 0 Å². The number of hydrogen-bond donors (Lipinski definition) is 1. The van der Waals surface area contributed by atoms with Crippen LogP contribution in [0, 0.1) is 0 Å². The van der Waals surface area contributed by atoms with Gasteiger partial charge in [0.1, 0.15) is 5.51 Å². The van der Waals surface area contributed by atoms with Gasteiger partial charge in [-0.3, -0.25) is 0 Å². The molecular formula is C9H8ClN3S2. The maximum absolute atomic E-state index is 5.99. The van der Waals surface area contributed by atoms with Gasteiger partial charge in [0.05, 0.1) is 10.4 Å². The Morgan fingerprint density at radius 3 is 3.27 bits per heavy atom. The standard InChI is InChI=1S/C9H8ClN3S2/c10-8-3-5-6(1-2-7(5)15-8)12-9-13-11-4-14-9/h3-4,6H,1-2H2,(H,12,13). The summed E-state index contributed by atoms with van der Waals surface area (Å²) < 4.78 is 0.878. The number of aromatic nitrogens is 2. The van der Waals surface area contributed by atoms with E-state index in [9.17, 15) is 0 Å². The van der Waals surface area contributed by atoms with E-state index in [1.807, 2.05) is 0 Å². The molecule has 0 aromatic carbocycles. The van der Waals surface area contributed by atoms with E-state index in [2.05, 4.69) is 21.6 Å². The summed E-state index contributed by atoms with van der Waals surface area (Å²) in [5, 5.41) is 12.1. The quantitative estimate of drug-likeness (QED) is 0.897. The highest BCUT2D eigenvalue weighted by atomic mass is 35.5. The molecule has 6 heteroatoms. The lowest BCUT2D eigenvalue weighted by Gasteiger charge is -2.10. The summed E-state index contributed by atoms with van der Waals surface area (Å²) in [4.78, 5) is 1.40. The van der Waals surface area contributed by atoms with E-state index in [-0.39, 0.29) is 0 Å². The van der Waals surface area contributed by atoms with Crippen LogP contribution in [0.4, 0.5) is 5.13 Å². The van der Waals surface area contributed by atoms with Crippen molar-refractivity contribution < 1.29 is 0 Å². The average Bonchev–Trinajstić information content (AvgIpc) is 2.85. The van der Waals surface area contributed by atoms with Gasteiger partial charge < -0.3 is 5.32 Å². The monoisotopic (exact) mass is 257 g/mol. The van der Waals surface area contributed by atoms with Gasteiger partial charge in [-0.15, -0.1) is 21.5 Å². The maximum atomic E-state index is 5.99. The van der Waals surface area contributed by atoms with Gasteiger partial charge in [-0.05, 0) is 24.5 Å². The van der Waals surface area contributed by atoms with Crippen molar-refractivity contribution in [1.29, 1.82) is 0 Å². The van der Waals surface area contributed by atoms with Gasteiger partial charge in [0.2, 0.25) is 5.13 Å².